The molecule has 1 aromatic rings. The summed E-state index contributed by atoms with van der Waals surface area (Å²) >= 11 is 0. The van der Waals surface area contributed by atoms with Gasteiger partial charge in [0.1, 0.15) is 6.04 Å². The van der Waals surface area contributed by atoms with Crippen LogP contribution in [0.15, 0.2) is 24.3 Å². The SMILES string of the molecule is CC[C@@H](Nc1cccc(C(F)(F)F)c1)C(=O)O. The highest BCUT2D eigenvalue weighted by atomic mass is 19.4. The highest BCUT2D eigenvalue weighted by Crippen LogP contribution is 2.30. The van der Waals surface area contributed by atoms with Gasteiger partial charge in [-0.15, -0.1) is 0 Å². The van der Waals surface area contributed by atoms with Gasteiger partial charge in [-0.2, -0.15) is 13.2 Å². The summed E-state index contributed by atoms with van der Waals surface area (Å²) in [5.74, 6) is -1.09. The molecule has 1 aromatic carbocycles. The average Bonchev–Trinajstić information content (AvgIpc) is 2.24. The van der Waals surface area contributed by atoms with E-state index in [2.05, 4.69) is 5.32 Å². The maximum absolute atomic E-state index is 12.4. The molecule has 6 heteroatoms. The van der Waals surface area contributed by atoms with Crippen LogP contribution in [-0.2, 0) is 11.0 Å². The van der Waals surface area contributed by atoms with Crippen molar-refractivity contribution >= 4 is 11.7 Å². The van der Waals surface area contributed by atoms with E-state index in [1.165, 1.54) is 12.1 Å². The summed E-state index contributed by atoms with van der Waals surface area (Å²) in [6, 6.07) is 3.58. The number of nitrogens with one attached hydrogen (secondary N) is 1. The molecule has 0 fully saturated rings. The van der Waals surface area contributed by atoms with Gasteiger partial charge in [-0.05, 0) is 24.6 Å². The average molecular weight is 247 g/mol. The van der Waals surface area contributed by atoms with E-state index in [4.69, 9.17) is 5.11 Å². The molecule has 94 valence electrons. The molecule has 0 aliphatic rings. The third-order valence-electron chi connectivity index (χ3n) is 2.24. The molecular formula is C11H12F3NO2. The highest BCUT2D eigenvalue weighted by molar-refractivity contribution is 5.77. The first kappa shape index (κ1) is 13.3. The minimum Gasteiger partial charge on any atom is -0.480 e. The summed E-state index contributed by atoms with van der Waals surface area (Å²) in [7, 11) is 0. The third-order valence-corrected chi connectivity index (χ3v) is 2.24. The van der Waals surface area contributed by atoms with E-state index in [1.54, 1.807) is 6.92 Å². The summed E-state index contributed by atoms with van der Waals surface area (Å²) in [6.07, 6.45) is -4.14. The molecule has 0 heterocycles. The van der Waals surface area contributed by atoms with Gasteiger partial charge in [0.05, 0.1) is 5.56 Å². The second kappa shape index (κ2) is 5.07. The standard InChI is InChI=1S/C11H12F3NO2/c1-2-9(10(16)17)15-8-5-3-4-7(6-8)11(12,13)14/h3-6,9,15H,2H2,1H3,(H,16,17)/t9-/m1/s1. The zero-order valence-corrected chi connectivity index (χ0v) is 9.08. The molecule has 0 spiro atoms. The first-order valence-electron chi connectivity index (χ1n) is 5.01. The van der Waals surface area contributed by atoms with Crippen LogP contribution in [0.4, 0.5) is 18.9 Å². The lowest BCUT2D eigenvalue weighted by molar-refractivity contribution is -0.138. The van der Waals surface area contributed by atoms with Crippen molar-refractivity contribution < 1.29 is 23.1 Å². The molecule has 0 aliphatic heterocycles. The molecule has 17 heavy (non-hydrogen) atoms. The van der Waals surface area contributed by atoms with E-state index in [-0.39, 0.29) is 12.1 Å². The van der Waals surface area contributed by atoms with Crippen molar-refractivity contribution in [2.24, 2.45) is 0 Å². The van der Waals surface area contributed by atoms with Crippen LogP contribution in [0.25, 0.3) is 0 Å². The van der Waals surface area contributed by atoms with Crippen LogP contribution in [0.1, 0.15) is 18.9 Å². The largest absolute Gasteiger partial charge is 0.480 e. The molecule has 0 unspecified atom stereocenters. The van der Waals surface area contributed by atoms with Crippen molar-refractivity contribution in [3.63, 3.8) is 0 Å². The number of rotatable bonds is 4. The Bertz CT molecular complexity index is 404. The summed E-state index contributed by atoms with van der Waals surface area (Å²) in [5.41, 5.74) is -0.656. The fourth-order valence-electron chi connectivity index (χ4n) is 1.32. The molecule has 1 atom stereocenters. The van der Waals surface area contributed by atoms with Crippen molar-refractivity contribution in [3.8, 4) is 0 Å². The van der Waals surface area contributed by atoms with E-state index < -0.39 is 23.8 Å². The Balaban J connectivity index is 2.89. The fraction of sp³-hybridized carbons (Fsp3) is 0.364. The van der Waals surface area contributed by atoms with E-state index >= 15 is 0 Å². The van der Waals surface area contributed by atoms with Gasteiger partial charge in [0.25, 0.3) is 0 Å². The van der Waals surface area contributed by atoms with E-state index in [9.17, 15) is 18.0 Å². The molecule has 0 saturated heterocycles. The number of carboxylic acids is 1. The van der Waals surface area contributed by atoms with Crippen LogP contribution in [0.3, 0.4) is 0 Å². The predicted octanol–water partition coefficient (Wildman–Crippen LogP) is 2.98. The van der Waals surface area contributed by atoms with Crippen LogP contribution in [-0.4, -0.2) is 17.1 Å². The molecule has 1 rings (SSSR count). The van der Waals surface area contributed by atoms with Gasteiger partial charge < -0.3 is 10.4 Å². The summed E-state index contributed by atoms with van der Waals surface area (Å²) in [6.45, 7) is 1.64. The molecule has 0 bridgehead atoms. The number of halogens is 3. The van der Waals surface area contributed by atoms with Crippen LogP contribution in [0.5, 0.6) is 0 Å². The van der Waals surface area contributed by atoms with Crippen molar-refractivity contribution in [2.45, 2.75) is 25.6 Å². The smallest absolute Gasteiger partial charge is 0.416 e. The van der Waals surface area contributed by atoms with Crippen molar-refractivity contribution in [1.82, 2.24) is 0 Å². The number of carbonyl (C=O) groups is 1. The van der Waals surface area contributed by atoms with E-state index in [0.29, 0.717) is 0 Å². The summed E-state index contributed by atoms with van der Waals surface area (Å²) in [4.78, 5) is 10.7. The molecular weight excluding hydrogens is 235 g/mol. The van der Waals surface area contributed by atoms with E-state index in [1.807, 2.05) is 0 Å². The number of anilines is 1. The number of benzene rings is 1. The van der Waals surface area contributed by atoms with Crippen molar-refractivity contribution in [2.75, 3.05) is 5.32 Å². The lowest BCUT2D eigenvalue weighted by Crippen LogP contribution is -2.28. The normalized spacial score (nSPS) is 13.2. The minimum absolute atomic E-state index is 0.147. The molecule has 0 aliphatic carbocycles. The van der Waals surface area contributed by atoms with Crippen molar-refractivity contribution in [3.05, 3.63) is 29.8 Å². The Morgan fingerprint density at radius 2 is 2.12 bits per heavy atom. The predicted molar refractivity (Wildman–Crippen MR) is 56.8 cm³/mol. The maximum Gasteiger partial charge on any atom is 0.416 e. The monoisotopic (exact) mass is 247 g/mol. The summed E-state index contributed by atoms with van der Waals surface area (Å²) in [5, 5.41) is 11.3. The lowest BCUT2D eigenvalue weighted by Gasteiger charge is -2.15. The first-order valence-corrected chi connectivity index (χ1v) is 5.01. The van der Waals surface area contributed by atoms with Crippen LogP contribution in [0.2, 0.25) is 0 Å². The number of hydrogen-bond acceptors (Lipinski definition) is 2. The second-order valence-corrected chi connectivity index (χ2v) is 3.52. The van der Waals surface area contributed by atoms with Crippen LogP contribution in [0, 0.1) is 0 Å². The molecule has 3 nitrogen and oxygen atoms in total. The molecule has 2 N–H and O–H groups in total. The molecule has 0 amide bonds. The van der Waals surface area contributed by atoms with Gasteiger partial charge in [0.2, 0.25) is 0 Å². The highest BCUT2D eigenvalue weighted by Gasteiger charge is 2.30. The Kier molecular flexibility index (Phi) is 3.98. The van der Waals surface area contributed by atoms with Crippen molar-refractivity contribution in [1.29, 1.82) is 0 Å². The lowest BCUT2D eigenvalue weighted by atomic mass is 10.1. The van der Waals surface area contributed by atoms with Gasteiger partial charge in [0.15, 0.2) is 0 Å². The zero-order valence-electron chi connectivity index (χ0n) is 9.08. The van der Waals surface area contributed by atoms with Gasteiger partial charge in [-0.3, -0.25) is 0 Å². The van der Waals surface area contributed by atoms with Crippen LogP contribution >= 0.6 is 0 Å². The Hall–Kier alpha value is -1.72. The molecule has 0 saturated carbocycles. The Labute approximate surface area is 96.3 Å². The molecule has 0 radical (unpaired) electrons. The number of carboxylic acid groups (broad SMARTS) is 1. The quantitative estimate of drug-likeness (QED) is 0.859. The first-order chi connectivity index (χ1) is 7.84. The second-order valence-electron chi connectivity index (χ2n) is 3.52. The number of hydrogen-bond donors (Lipinski definition) is 2. The maximum atomic E-state index is 12.4. The van der Waals surface area contributed by atoms with Gasteiger partial charge in [-0.25, -0.2) is 4.79 Å². The van der Waals surface area contributed by atoms with Gasteiger partial charge >= 0.3 is 12.1 Å². The Morgan fingerprint density at radius 3 is 2.59 bits per heavy atom. The Morgan fingerprint density at radius 1 is 1.47 bits per heavy atom. The third kappa shape index (κ3) is 3.65. The summed E-state index contributed by atoms with van der Waals surface area (Å²) < 4.78 is 37.2. The topological polar surface area (TPSA) is 49.3 Å². The van der Waals surface area contributed by atoms with Gasteiger partial charge in [0, 0.05) is 5.69 Å². The number of aliphatic carboxylic acids is 1. The zero-order chi connectivity index (χ0) is 13.1. The van der Waals surface area contributed by atoms with Crippen LogP contribution < -0.4 is 5.32 Å². The fourth-order valence-corrected chi connectivity index (χ4v) is 1.32. The number of alkyl halides is 3. The van der Waals surface area contributed by atoms with Gasteiger partial charge in [-0.1, -0.05) is 13.0 Å². The minimum atomic E-state index is -4.43. The van der Waals surface area contributed by atoms with E-state index in [0.717, 1.165) is 12.1 Å². The molecule has 0 aromatic heterocycles.